The van der Waals surface area contributed by atoms with Crippen molar-refractivity contribution in [2.75, 3.05) is 23.3 Å². The van der Waals surface area contributed by atoms with Crippen molar-refractivity contribution in [3.8, 4) is 0 Å². The maximum Gasteiger partial charge on any atom is 0.298 e. The Balaban J connectivity index is 1.50. The Labute approximate surface area is 129 Å². The van der Waals surface area contributed by atoms with Crippen LogP contribution in [0.3, 0.4) is 0 Å². The summed E-state index contributed by atoms with van der Waals surface area (Å²) in [6.07, 6.45) is 2.31. The van der Waals surface area contributed by atoms with Crippen LogP contribution in [0.2, 0.25) is 0 Å². The minimum Gasteiger partial charge on any atom is -0.423 e. The Morgan fingerprint density at radius 1 is 1.05 bits per heavy atom. The van der Waals surface area contributed by atoms with Gasteiger partial charge in [-0.1, -0.05) is 30.3 Å². The fourth-order valence-electron chi connectivity index (χ4n) is 3.03. The molecular formula is C18H19N3O. The maximum absolute atomic E-state index is 5.89. The van der Waals surface area contributed by atoms with Gasteiger partial charge in [-0.25, -0.2) is 0 Å². The first kappa shape index (κ1) is 13.2. The summed E-state index contributed by atoms with van der Waals surface area (Å²) in [5, 5.41) is 3.60. The second-order valence-corrected chi connectivity index (χ2v) is 5.76. The zero-order valence-electron chi connectivity index (χ0n) is 12.4. The van der Waals surface area contributed by atoms with E-state index < -0.39 is 0 Å². The zero-order chi connectivity index (χ0) is 14.8. The topological polar surface area (TPSA) is 41.3 Å². The minimum absolute atomic E-state index is 0.422. The summed E-state index contributed by atoms with van der Waals surface area (Å²) in [6.45, 7) is 1.92. The van der Waals surface area contributed by atoms with Gasteiger partial charge in [0.15, 0.2) is 5.58 Å². The third-order valence-electron chi connectivity index (χ3n) is 4.12. The molecule has 4 heteroatoms. The van der Waals surface area contributed by atoms with E-state index in [4.69, 9.17) is 4.42 Å². The van der Waals surface area contributed by atoms with Gasteiger partial charge in [-0.3, -0.25) is 0 Å². The highest BCUT2D eigenvalue weighted by Crippen LogP contribution is 2.25. The average molecular weight is 293 g/mol. The molecule has 4 rings (SSSR count). The second kappa shape index (κ2) is 5.72. The molecule has 1 aliphatic heterocycles. The number of benzene rings is 2. The largest absolute Gasteiger partial charge is 0.423 e. The molecule has 2 heterocycles. The van der Waals surface area contributed by atoms with E-state index in [1.165, 1.54) is 12.1 Å². The predicted molar refractivity (Wildman–Crippen MR) is 89.3 cm³/mol. The van der Waals surface area contributed by atoms with Gasteiger partial charge in [0.05, 0.1) is 0 Å². The lowest BCUT2D eigenvalue weighted by Gasteiger charge is -2.32. The fraction of sp³-hybridized carbons (Fsp3) is 0.278. The molecule has 1 atom stereocenters. The highest BCUT2D eigenvalue weighted by atomic mass is 16.4. The van der Waals surface area contributed by atoms with Crippen LogP contribution in [0.25, 0.3) is 11.1 Å². The van der Waals surface area contributed by atoms with Crippen LogP contribution in [0.5, 0.6) is 0 Å². The van der Waals surface area contributed by atoms with Crippen LogP contribution in [0.4, 0.5) is 11.7 Å². The van der Waals surface area contributed by atoms with Crippen molar-refractivity contribution < 1.29 is 4.42 Å². The van der Waals surface area contributed by atoms with Crippen molar-refractivity contribution in [3.63, 3.8) is 0 Å². The highest BCUT2D eigenvalue weighted by molar-refractivity contribution is 5.74. The van der Waals surface area contributed by atoms with E-state index in [-0.39, 0.29) is 0 Å². The van der Waals surface area contributed by atoms with Gasteiger partial charge in [0.25, 0.3) is 6.01 Å². The van der Waals surface area contributed by atoms with Crippen LogP contribution in [0.1, 0.15) is 12.8 Å². The molecule has 1 aliphatic rings. The number of nitrogens with zero attached hydrogens (tertiary/aromatic N) is 2. The van der Waals surface area contributed by atoms with Crippen LogP contribution in [0, 0.1) is 0 Å². The lowest BCUT2D eigenvalue weighted by Crippen LogP contribution is -2.42. The van der Waals surface area contributed by atoms with Crippen molar-refractivity contribution in [2.24, 2.45) is 0 Å². The number of fused-ring (bicyclic) bond motifs is 1. The van der Waals surface area contributed by atoms with Crippen LogP contribution in [0.15, 0.2) is 59.0 Å². The van der Waals surface area contributed by atoms with Crippen LogP contribution >= 0.6 is 0 Å². The normalized spacial score (nSPS) is 18.5. The quantitative estimate of drug-likeness (QED) is 0.795. The molecule has 0 radical (unpaired) electrons. The van der Waals surface area contributed by atoms with Crippen LogP contribution in [-0.4, -0.2) is 24.1 Å². The number of oxazole rings is 1. The first-order valence-electron chi connectivity index (χ1n) is 7.80. The van der Waals surface area contributed by atoms with Crippen molar-refractivity contribution in [2.45, 2.75) is 18.9 Å². The Hall–Kier alpha value is -2.49. The van der Waals surface area contributed by atoms with Gasteiger partial charge in [-0.2, -0.15) is 4.98 Å². The van der Waals surface area contributed by atoms with Gasteiger partial charge < -0.3 is 14.6 Å². The monoisotopic (exact) mass is 293 g/mol. The third kappa shape index (κ3) is 2.64. The molecule has 1 unspecified atom stereocenters. The molecule has 112 valence electrons. The van der Waals surface area contributed by atoms with Crippen LogP contribution < -0.4 is 10.2 Å². The molecule has 3 aromatic rings. The summed E-state index contributed by atoms with van der Waals surface area (Å²) in [5.41, 5.74) is 2.96. The molecule has 22 heavy (non-hydrogen) atoms. The minimum atomic E-state index is 0.422. The first-order valence-corrected chi connectivity index (χ1v) is 7.80. The molecule has 0 saturated carbocycles. The maximum atomic E-state index is 5.89. The molecule has 1 fully saturated rings. The molecule has 0 amide bonds. The number of piperidine rings is 1. The molecule has 0 bridgehead atoms. The summed E-state index contributed by atoms with van der Waals surface area (Å²) in [6, 6.07) is 19.5. The third-order valence-corrected chi connectivity index (χ3v) is 4.12. The Bertz CT molecular complexity index is 720. The van der Waals surface area contributed by atoms with E-state index in [0.717, 1.165) is 36.6 Å². The van der Waals surface area contributed by atoms with E-state index in [0.29, 0.717) is 6.04 Å². The predicted octanol–water partition coefficient (Wildman–Crippen LogP) is 3.91. The smallest absolute Gasteiger partial charge is 0.298 e. The van der Waals surface area contributed by atoms with E-state index in [1.807, 2.05) is 30.3 Å². The molecule has 2 aromatic carbocycles. The molecule has 1 saturated heterocycles. The Kier molecular flexibility index (Phi) is 3.43. The second-order valence-electron chi connectivity index (χ2n) is 5.76. The molecule has 0 aliphatic carbocycles. The molecule has 0 spiro atoms. The number of aromatic nitrogens is 1. The van der Waals surface area contributed by atoms with E-state index >= 15 is 0 Å². The lowest BCUT2D eigenvalue weighted by atomic mass is 10.1. The fourth-order valence-corrected chi connectivity index (χ4v) is 3.03. The summed E-state index contributed by atoms with van der Waals surface area (Å²) in [4.78, 5) is 6.85. The summed E-state index contributed by atoms with van der Waals surface area (Å²) >= 11 is 0. The van der Waals surface area contributed by atoms with Crippen molar-refractivity contribution in [1.29, 1.82) is 0 Å². The van der Waals surface area contributed by atoms with Gasteiger partial charge in [0, 0.05) is 24.8 Å². The standard InChI is InChI=1S/C18H19N3O/c1-2-7-14(8-3-1)19-15-9-6-12-21(13-15)18-20-16-10-4-5-11-17(16)22-18/h1-5,7-8,10-11,15,19H,6,9,12-13H2. The Morgan fingerprint density at radius 2 is 1.86 bits per heavy atom. The van der Waals surface area contributed by atoms with Gasteiger partial charge in [-0.05, 0) is 37.1 Å². The molecular weight excluding hydrogens is 274 g/mol. The van der Waals surface area contributed by atoms with E-state index in [1.54, 1.807) is 0 Å². The number of nitrogens with one attached hydrogen (secondary N) is 1. The van der Waals surface area contributed by atoms with E-state index in [9.17, 15) is 0 Å². The average Bonchev–Trinajstić information content (AvgIpc) is 3.00. The van der Waals surface area contributed by atoms with Gasteiger partial charge in [0.2, 0.25) is 0 Å². The number of rotatable bonds is 3. The Morgan fingerprint density at radius 3 is 2.73 bits per heavy atom. The summed E-state index contributed by atoms with van der Waals surface area (Å²) in [7, 11) is 0. The molecule has 4 nitrogen and oxygen atoms in total. The van der Waals surface area contributed by atoms with Crippen LogP contribution in [-0.2, 0) is 0 Å². The zero-order valence-corrected chi connectivity index (χ0v) is 12.4. The first-order chi connectivity index (χ1) is 10.9. The molecule has 1 aromatic heterocycles. The number of hydrogen-bond acceptors (Lipinski definition) is 4. The SMILES string of the molecule is c1ccc(NC2CCCN(c3nc4ccccc4o3)C2)cc1. The number of anilines is 2. The van der Waals surface area contributed by atoms with Crippen molar-refractivity contribution in [3.05, 3.63) is 54.6 Å². The van der Waals surface area contributed by atoms with Crippen molar-refractivity contribution in [1.82, 2.24) is 4.98 Å². The van der Waals surface area contributed by atoms with Gasteiger partial charge in [-0.15, -0.1) is 0 Å². The summed E-state index contributed by atoms with van der Waals surface area (Å²) in [5.74, 6) is 0. The van der Waals surface area contributed by atoms with E-state index in [2.05, 4.69) is 39.5 Å². The summed E-state index contributed by atoms with van der Waals surface area (Å²) < 4.78 is 5.89. The van der Waals surface area contributed by atoms with Gasteiger partial charge in [0.1, 0.15) is 5.52 Å². The number of hydrogen-bond donors (Lipinski definition) is 1. The highest BCUT2D eigenvalue weighted by Gasteiger charge is 2.23. The molecule has 1 N–H and O–H groups in total. The number of para-hydroxylation sites is 3. The van der Waals surface area contributed by atoms with Gasteiger partial charge >= 0.3 is 0 Å². The lowest BCUT2D eigenvalue weighted by molar-refractivity contribution is 0.483. The van der Waals surface area contributed by atoms with Crippen molar-refractivity contribution >= 4 is 22.8 Å².